The molecule has 0 bridgehead atoms. The first-order valence-corrected chi connectivity index (χ1v) is 9.70. The maximum absolute atomic E-state index is 12.3. The van der Waals surface area contributed by atoms with Crippen LogP contribution in [0.2, 0.25) is 0 Å². The Labute approximate surface area is 164 Å². The molecule has 0 aliphatic heterocycles. The second-order valence-electron chi connectivity index (χ2n) is 6.03. The van der Waals surface area contributed by atoms with Gasteiger partial charge >= 0.3 is 5.97 Å². The Morgan fingerprint density at radius 3 is 2.41 bits per heavy atom. The standard InChI is InChI=1S/C21H25NO4S/c1-22(15-17-7-4-5-8-19(17)25-2)20(23)9-6-14-27-18-12-10-16(11-13-18)21(24)26-3/h4-5,7-8,10-13H,6,9,14-15H2,1-3H3. The van der Waals surface area contributed by atoms with Crippen molar-refractivity contribution in [2.45, 2.75) is 24.3 Å². The summed E-state index contributed by atoms with van der Waals surface area (Å²) in [6.45, 7) is 0.533. The van der Waals surface area contributed by atoms with Gasteiger partial charge in [-0.1, -0.05) is 18.2 Å². The van der Waals surface area contributed by atoms with E-state index in [1.54, 1.807) is 35.9 Å². The Morgan fingerprint density at radius 2 is 1.74 bits per heavy atom. The summed E-state index contributed by atoms with van der Waals surface area (Å²) in [5, 5.41) is 0. The van der Waals surface area contributed by atoms with Crippen molar-refractivity contribution in [2.75, 3.05) is 27.0 Å². The maximum Gasteiger partial charge on any atom is 0.337 e. The zero-order valence-electron chi connectivity index (χ0n) is 15.9. The first-order valence-electron chi connectivity index (χ1n) is 8.72. The van der Waals surface area contributed by atoms with Crippen molar-refractivity contribution in [1.82, 2.24) is 4.90 Å². The molecule has 0 unspecified atom stereocenters. The second kappa shape index (κ2) is 10.6. The highest BCUT2D eigenvalue weighted by Gasteiger charge is 2.11. The molecule has 0 N–H and O–H groups in total. The summed E-state index contributed by atoms with van der Waals surface area (Å²) in [6, 6.07) is 15.0. The number of amides is 1. The molecule has 2 aromatic rings. The zero-order chi connectivity index (χ0) is 19.6. The Morgan fingerprint density at radius 1 is 1.04 bits per heavy atom. The topological polar surface area (TPSA) is 55.8 Å². The number of nitrogens with zero attached hydrogens (tertiary/aromatic N) is 1. The smallest absolute Gasteiger partial charge is 0.337 e. The number of rotatable bonds is 9. The van der Waals surface area contributed by atoms with E-state index in [4.69, 9.17) is 4.74 Å². The highest BCUT2D eigenvalue weighted by atomic mass is 32.2. The summed E-state index contributed by atoms with van der Waals surface area (Å²) in [7, 11) is 4.82. The third-order valence-electron chi connectivity index (χ3n) is 4.10. The quantitative estimate of drug-likeness (QED) is 0.370. The molecule has 0 radical (unpaired) electrons. The van der Waals surface area contributed by atoms with Crippen LogP contribution in [0, 0.1) is 0 Å². The van der Waals surface area contributed by atoms with E-state index in [1.807, 2.05) is 43.4 Å². The van der Waals surface area contributed by atoms with Crippen LogP contribution in [0.5, 0.6) is 5.75 Å². The van der Waals surface area contributed by atoms with Crippen molar-refractivity contribution < 1.29 is 19.1 Å². The largest absolute Gasteiger partial charge is 0.496 e. The molecule has 2 rings (SSSR count). The molecular formula is C21H25NO4S. The fourth-order valence-corrected chi connectivity index (χ4v) is 3.44. The van der Waals surface area contributed by atoms with Gasteiger partial charge in [0.15, 0.2) is 0 Å². The molecule has 27 heavy (non-hydrogen) atoms. The number of ether oxygens (including phenoxy) is 2. The Hall–Kier alpha value is -2.47. The first kappa shape index (κ1) is 20.8. The summed E-state index contributed by atoms with van der Waals surface area (Å²) in [5.74, 6) is 1.41. The van der Waals surface area contributed by atoms with E-state index in [-0.39, 0.29) is 11.9 Å². The van der Waals surface area contributed by atoms with Gasteiger partial charge in [-0.05, 0) is 42.5 Å². The minimum absolute atomic E-state index is 0.113. The van der Waals surface area contributed by atoms with Gasteiger partial charge in [-0.25, -0.2) is 4.79 Å². The third kappa shape index (κ3) is 6.32. The number of thioether (sulfide) groups is 1. The number of hydrogen-bond acceptors (Lipinski definition) is 5. The van der Waals surface area contributed by atoms with E-state index in [0.717, 1.165) is 28.4 Å². The fourth-order valence-electron chi connectivity index (χ4n) is 2.59. The molecule has 144 valence electrons. The number of benzene rings is 2. The molecule has 2 aromatic carbocycles. The average Bonchev–Trinajstić information content (AvgIpc) is 2.71. The Kier molecular flexibility index (Phi) is 8.20. The SMILES string of the molecule is COC(=O)c1ccc(SCCCC(=O)N(C)Cc2ccccc2OC)cc1. The first-order chi connectivity index (χ1) is 13.0. The van der Waals surface area contributed by atoms with E-state index in [2.05, 4.69) is 4.74 Å². The molecule has 0 fully saturated rings. The van der Waals surface area contributed by atoms with E-state index < -0.39 is 0 Å². The molecule has 6 heteroatoms. The van der Waals surface area contributed by atoms with E-state index >= 15 is 0 Å². The minimum atomic E-state index is -0.338. The van der Waals surface area contributed by atoms with Crippen molar-refractivity contribution in [3.05, 3.63) is 59.7 Å². The molecule has 0 atom stereocenters. The monoisotopic (exact) mass is 387 g/mol. The number of methoxy groups -OCH3 is 2. The van der Waals surface area contributed by atoms with Gasteiger partial charge in [0.25, 0.3) is 0 Å². The summed E-state index contributed by atoms with van der Waals surface area (Å²) in [5.41, 5.74) is 1.53. The highest BCUT2D eigenvalue weighted by molar-refractivity contribution is 7.99. The molecule has 1 amide bonds. The van der Waals surface area contributed by atoms with Crippen LogP contribution in [-0.4, -0.2) is 43.8 Å². The summed E-state index contributed by atoms with van der Waals surface area (Å²) in [6.07, 6.45) is 1.29. The van der Waals surface area contributed by atoms with Crippen LogP contribution < -0.4 is 4.74 Å². The lowest BCUT2D eigenvalue weighted by molar-refractivity contribution is -0.130. The van der Waals surface area contributed by atoms with Crippen molar-refractivity contribution in [2.24, 2.45) is 0 Å². The van der Waals surface area contributed by atoms with Crippen LogP contribution in [-0.2, 0) is 16.1 Å². The van der Waals surface area contributed by atoms with Crippen molar-refractivity contribution in [3.63, 3.8) is 0 Å². The average molecular weight is 388 g/mol. The molecule has 0 aromatic heterocycles. The van der Waals surface area contributed by atoms with E-state index in [0.29, 0.717) is 18.5 Å². The van der Waals surface area contributed by atoms with Gasteiger partial charge in [-0.15, -0.1) is 11.8 Å². The van der Waals surface area contributed by atoms with E-state index in [9.17, 15) is 9.59 Å². The van der Waals surface area contributed by atoms with Gasteiger partial charge in [-0.2, -0.15) is 0 Å². The second-order valence-corrected chi connectivity index (χ2v) is 7.20. The Bertz CT molecular complexity index is 761. The lowest BCUT2D eigenvalue weighted by Gasteiger charge is -2.18. The van der Waals surface area contributed by atoms with Crippen LogP contribution in [0.3, 0.4) is 0 Å². The predicted octanol–water partition coefficient (Wildman–Crippen LogP) is 4.01. The van der Waals surface area contributed by atoms with Crippen LogP contribution in [0.15, 0.2) is 53.4 Å². The molecule has 5 nitrogen and oxygen atoms in total. The predicted molar refractivity (Wildman–Crippen MR) is 107 cm³/mol. The van der Waals surface area contributed by atoms with Crippen molar-refractivity contribution >= 4 is 23.6 Å². The zero-order valence-corrected chi connectivity index (χ0v) is 16.8. The third-order valence-corrected chi connectivity index (χ3v) is 5.20. The van der Waals surface area contributed by atoms with Crippen molar-refractivity contribution in [1.29, 1.82) is 0 Å². The summed E-state index contributed by atoms with van der Waals surface area (Å²) >= 11 is 1.67. The Balaban J connectivity index is 1.74. The molecule has 0 aliphatic rings. The number of para-hydroxylation sites is 1. The number of carbonyl (C=O) groups is 2. The van der Waals surface area contributed by atoms with Crippen molar-refractivity contribution in [3.8, 4) is 5.75 Å². The van der Waals surface area contributed by atoms with Gasteiger partial charge in [-0.3, -0.25) is 4.79 Å². The lowest BCUT2D eigenvalue weighted by atomic mass is 10.2. The highest BCUT2D eigenvalue weighted by Crippen LogP contribution is 2.21. The van der Waals surface area contributed by atoms with Crippen LogP contribution in [0.1, 0.15) is 28.8 Å². The molecular weight excluding hydrogens is 362 g/mol. The van der Waals surface area contributed by atoms with Crippen LogP contribution in [0.25, 0.3) is 0 Å². The number of carbonyl (C=O) groups excluding carboxylic acids is 2. The number of hydrogen-bond donors (Lipinski definition) is 0. The maximum atomic E-state index is 12.3. The fraction of sp³-hybridized carbons (Fsp3) is 0.333. The summed E-state index contributed by atoms with van der Waals surface area (Å²) < 4.78 is 10.0. The van der Waals surface area contributed by atoms with Gasteiger partial charge in [0.1, 0.15) is 5.75 Å². The normalized spacial score (nSPS) is 10.3. The van der Waals surface area contributed by atoms with E-state index in [1.165, 1.54) is 7.11 Å². The molecule has 0 saturated carbocycles. The molecule has 0 aliphatic carbocycles. The molecule has 0 spiro atoms. The number of esters is 1. The molecule has 0 heterocycles. The summed E-state index contributed by atoms with van der Waals surface area (Å²) in [4.78, 5) is 26.5. The van der Waals surface area contributed by atoms with Gasteiger partial charge in [0.2, 0.25) is 5.91 Å². The van der Waals surface area contributed by atoms with Crippen LogP contribution >= 0.6 is 11.8 Å². The minimum Gasteiger partial charge on any atom is -0.496 e. The van der Waals surface area contributed by atoms with Crippen LogP contribution in [0.4, 0.5) is 0 Å². The van der Waals surface area contributed by atoms with Gasteiger partial charge in [0.05, 0.1) is 19.8 Å². The van der Waals surface area contributed by atoms with Gasteiger partial charge < -0.3 is 14.4 Å². The van der Waals surface area contributed by atoms with Gasteiger partial charge in [0, 0.05) is 30.5 Å². The molecule has 0 saturated heterocycles. The lowest BCUT2D eigenvalue weighted by Crippen LogP contribution is -2.26.